The molecule has 0 bridgehead atoms. The lowest BCUT2D eigenvalue weighted by Crippen LogP contribution is -1.87. The second kappa shape index (κ2) is 3.59. The van der Waals surface area contributed by atoms with Gasteiger partial charge < -0.3 is 4.57 Å². The summed E-state index contributed by atoms with van der Waals surface area (Å²) < 4.78 is 1.92. The number of aryl methyl sites for hydroxylation is 1. The lowest BCUT2D eigenvalue weighted by atomic mass is 10.2. The van der Waals surface area contributed by atoms with Gasteiger partial charge in [0.2, 0.25) is 5.28 Å². The van der Waals surface area contributed by atoms with Crippen LogP contribution in [0.25, 0.3) is 11.3 Å². The second-order valence-electron chi connectivity index (χ2n) is 2.90. The first kappa shape index (κ1) is 9.49. The first-order valence-corrected chi connectivity index (χ1v) is 4.73. The average molecular weight is 228 g/mol. The van der Waals surface area contributed by atoms with Crippen molar-refractivity contribution in [3.8, 4) is 11.3 Å². The average Bonchev–Trinajstić information content (AvgIpc) is 2.56. The summed E-state index contributed by atoms with van der Waals surface area (Å²) in [5.74, 6) is 0. The first-order chi connectivity index (χ1) is 6.66. The van der Waals surface area contributed by atoms with Gasteiger partial charge in [-0.05, 0) is 17.7 Å². The van der Waals surface area contributed by atoms with E-state index < -0.39 is 0 Å². The summed E-state index contributed by atoms with van der Waals surface area (Å²) in [4.78, 5) is 7.85. The van der Waals surface area contributed by atoms with Gasteiger partial charge in [-0.15, -0.1) is 0 Å². The Bertz CT molecular complexity index is 465. The van der Waals surface area contributed by atoms with Gasteiger partial charge in [0.15, 0.2) is 0 Å². The Morgan fingerprint density at radius 1 is 1.36 bits per heavy atom. The van der Waals surface area contributed by atoms with Gasteiger partial charge in [-0.2, -0.15) is 0 Å². The second-order valence-corrected chi connectivity index (χ2v) is 3.65. The SMILES string of the molecule is Cn1ccc(-c2nc(Cl)ncc2Cl)c1. The molecule has 0 amide bonds. The minimum Gasteiger partial charge on any atom is -0.357 e. The molecule has 2 aromatic heterocycles. The predicted molar refractivity (Wildman–Crippen MR) is 56.5 cm³/mol. The van der Waals surface area contributed by atoms with Crippen molar-refractivity contribution in [2.75, 3.05) is 0 Å². The fraction of sp³-hybridized carbons (Fsp3) is 0.111. The van der Waals surface area contributed by atoms with Crippen LogP contribution in [-0.2, 0) is 7.05 Å². The van der Waals surface area contributed by atoms with Gasteiger partial charge in [0, 0.05) is 25.0 Å². The topological polar surface area (TPSA) is 30.7 Å². The van der Waals surface area contributed by atoms with E-state index in [-0.39, 0.29) is 5.28 Å². The molecule has 0 unspecified atom stereocenters. The zero-order chi connectivity index (χ0) is 10.1. The zero-order valence-corrected chi connectivity index (χ0v) is 8.92. The molecule has 0 atom stereocenters. The van der Waals surface area contributed by atoms with Gasteiger partial charge in [0.25, 0.3) is 0 Å². The Morgan fingerprint density at radius 2 is 2.14 bits per heavy atom. The van der Waals surface area contributed by atoms with E-state index in [0.717, 1.165) is 5.56 Å². The van der Waals surface area contributed by atoms with Crippen molar-refractivity contribution >= 4 is 23.2 Å². The van der Waals surface area contributed by atoms with Crippen molar-refractivity contribution in [2.24, 2.45) is 7.05 Å². The highest BCUT2D eigenvalue weighted by Gasteiger charge is 2.07. The van der Waals surface area contributed by atoms with Crippen molar-refractivity contribution in [1.29, 1.82) is 0 Å². The maximum atomic E-state index is 5.95. The van der Waals surface area contributed by atoms with Gasteiger partial charge in [-0.3, -0.25) is 0 Å². The highest BCUT2D eigenvalue weighted by Crippen LogP contribution is 2.25. The first-order valence-electron chi connectivity index (χ1n) is 3.97. The van der Waals surface area contributed by atoms with Gasteiger partial charge >= 0.3 is 0 Å². The Kier molecular flexibility index (Phi) is 2.44. The summed E-state index contributed by atoms with van der Waals surface area (Å²) in [7, 11) is 1.93. The molecule has 0 aliphatic rings. The molecule has 2 heterocycles. The normalized spacial score (nSPS) is 10.5. The number of hydrogen-bond donors (Lipinski definition) is 0. The van der Waals surface area contributed by atoms with Crippen molar-refractivity contribution in [2.45, 2.75) is 0 Å². The Labute approximate surface area is 91.3 Å². The van der Waals surface area contributed by atoms with Crippen LogP contribution >= 0.6 is 23.2 Å². The highest BCUT2D eigenvalue weighted by molar-refractivity contribution is 6.33. The molecule has 0 aliphatic carbocycles. The summed E-state index contributed by atoms with van der Waals surface area (Å²) in [5, 5.41) is 0.703. The molecule has 0 saturated heterocycles. The standard InChI is InChI=1S/C9H7Cl2N3/c1-14-3-2-6(5-14)8-7(10)4-12-9(11)13-8/h2-5H,1H3. The van der Waals surface area contributed by atoms with Crippen LogP contribution in [0.3, 0.4) is 0 Å². The summed E-state index contributed by atoms with van der Waals surface area (Å²) >= 11 is 11.6. The van der Waals surface area contributed by atoms with Crippen LogP contribution in [0, 0.1) is 0 Å². The van der Waals surface area contributed by atoms with E-state index in [1.54, 1.807) is 0 Å². The van der Waals surface area contributed by atoms with Crippen LogP contribution in [0.15, 0.2) is 24.7 Å². The smallest absolute Gasteiger partial charge is 0.222 e. The Balaban J connectivity index is 2.55. The summed E-state index contributed by atoms with van der Waals surface area (Å²) in [6, 6.07) is 1.92. The molecule has 3 nitrogen and oxygen atoms in total. The monoisotopic (exact) mass is 227 g/mol. The van der Waals surface area contributed by atoms with E-state index in [0.29, 0.717) is 10.7 Å². The lowest BCUT2D eigenvalue weighted by Gasteiger charge is -1.99. The van der Waals surface area contributed by atoms with Crippen molar-refractivity contribution in [3.05, 3.63) is 35.0 Å². The van der Waals surface area contributed by atoms with E-state index >= 15 is 0 Å². The quantitative estimate of drug-likeness (QED) is 0.702. The zero-order valence-electron chi connectivity index (χ0n) is 7.41. The molecule has 0 N–H and O–H groups in total. The molecular formula is C9H7Cl2N3. The molecule has 72 valence electrons. The molecular weight excluding hydrogens is 221 g/mol. The van der Waals surface area contributed by atoms with Crippen LogP contribution in [0.5, 0.6) is 0 Å². The lowest BCUT2D eigenvalue weighted by molar-refractivity contribution is 0.928. The molecule has 2 rings (SSSR count). The third kappa shape index (κ3) is 1.74. The highest BCUT2D eigenvalue weighted by atomic mass is 35.5. The summed E-state index contributed by atoms with van der Waals surface area (Å²) in [6.07, 6.45) is 5.34. The van der Waals surface area contributed by atoms with Crippen LogP contribution in [0.4, 0.5) is 0 Å². The molecule has 0 aromatic carbocycles. The van der Waals surface area contributed by atoms with Crippen LogP contribution < -0.4 is 0 Å². The minimum atomic E-state index is 0.202. The molecule has 0 spiro atoms. The number of nitrogens with zero attached hydrogens (tertiary/aromatic N) is 3. The summed E-state index contributed by atoms with van der Waals surface area (Å²) in [6.45, 7) is 0. The van der Waals surface area contributed by atoms with Crippen LogP contribution in [0.1, 0.15) is 0 Å². The van der Waals surface area contributed by atoms with Gasteiger partial charge in [0.05, 0.1) is 16.9 Å². The molecule has 0 radical (unpaired) electrons. The fourth-order valence-electron chi connectivity index (χ4n) is 1.19. The molecule has 5 heteroatoms. The maximum Gasteiger partial charge on any atom is 0.222 e. The van der Waals surface area contributed by atoms with Crippen molar-refractivity contribution in [3.63, 3.8) is 0 Å². The molecule has 2 aromatic rings. The van der Waals surface area contributed by atoms with E-state index in [1.807, 2.05) is 30.1 Å². The van der Waals surface area contributed by atoms with Crippen molar-refractivity contribution < 1.29 is 0 Å². The third-order valence-electron chi connectivity index (χ3n) is 1.82. The Morgan fingerprint density at radius 3 is 2.79 bits per heavy atom. The van der Waals surface area contributed by atoms with Crippen LogP contribution in [-0.4, -0.2) is 14.5 Å². The molecule has 0 fully saturated rings. The molecule has 0 aliphatic heterocycles. The summed E-state index contributed by atoms with van der Waals surface area (Å²) in [5.41, 5.74) is 1.59. The van der Waals surface area contributed by atoms with Gasteiger partial charge in [-0.1, -0.05) is 11.6 Å². The number of aromatic nitrogens is 3. The minimum absolute atomic E-state index is 0.202. The Hall–Kier alpha value is -1.06. The van der Waals surface area contributed by atoms with Crippen LogP contribution in [0.2, 0.25) is 10.3 Å². The maximum absolute atomic E-state index is 5.95. The van der Waals surface area contributed by atoms with E-state index in [9.17, 15) is 0 Å². The molecule has 14 heavy (non-hydrogen) atoms. The molecule has 0 saturated carbocycles. The predicted octanol–water partition coefficient (Wildman–Crippen LogP) is 2.79. The van der Waals surface area contributed by atoms with Gasteiger partial charge in [0.1, 0.15) is 0 Å². The van der Waals surface area contributed by atoms with Gasteiger partial charge in [-0.25, -0.2) is 9.97 Å². The van der Waals surface area contributed by atoms with E-state index in [2.05, 4.69) is 9.97 Å². The van der Waals surface area contributed by atoms with E-state index in [4.69, 9.17) is 23.2 Å². The number of hydrogen-bond acceptors (Lipinski definition) is 2. The van der Waals surface area contributed by atoms with Crippen molar-refractivity contribution in [1.82, 2.24) is 14.5 Å². The van der Waals surface area contributed by atoms with E-state index in [1.165, 1.54) is 6.20 Å². The number of rotatable bonds is 1. The number of halogens is 2. The largest absolute Gasteiger partial charge is 0.357 e. The third-order valence-corrected chi connectivity index (χ3v) is 2.28. The fourth-order valence-corrected chi connectivity index (χ4v) is 1.52.